The number of halogens is 2. The number of benzene rings is 1. The SMILES string of the molecule is CNC(Cc1cc(C)nn1C)c1cc(Cl)cc(Cl)c1. The van der Waals surface area contributed by atoms with Gasteiger partial charge >= 0.3 is 0 Å². The Hall–Kier alpha value is -1.03. The van der Waals surface area contributed by atoms with Crippen LogP contribution in [0, 0.1) is 6.92 Å². The Kier molecular flexibility index (Phi) is 4.50. The first-order valence-corrected chi connectivity index (χ1v) is 6.88. The smallest absolute Gasteiger partial charge is 0.0596 e. The summed E-state index contributed by atoms with van der Waals surface area (Å²) in [5.41, 5.74) is 3.28. The Morgan fingerprint density at radius 3 is 2.32 bits per heavy atom. The topological polar surface area (TPSA) is 29.9 Å². The summed E-state index contributed by atoms with van der Waals surface area (Å²) < 4.78 is 1.91. The highest BCUT2D eigenvalue weighted by molar-refractivity contribution is 6.34. The van der Waals surface area contributed by atoms with E-state index in [9.17, 15) is 0 Å². The first-order valence-electron chi connectivity index (χ1n) is 6.12. The van der Waals surface area contributed by atoms with Crippen molar-refractivity contribution in [2.45, 2.75) is 19.4 Å². The molecule has 5 heteroatoms. The van der Waals surface area contributed by atoms with Gasteiger partial charge in [-0.05, 0) is 43.8 Å². The van der Waals surface area contributed by atoms with Crippen LogP contribution in [0.4, 0.5) is 0 Å². The van der Waals surface area contributed by atoms with E-state index in [0.717, 1.165) is 17.7 Å². The molecule has 102 valence electrons. The predicted octanol–water partition coefficient (Wildman–Crippen LogP) is 3.54. The fourth-order valence-corrected chi connectivity index (χ4v) is 2.77. The van der Waals surface area contributed by atoms with Crippen molar-refractivity contribution < 1.29 is 0 Å². The van der Waals surface area contributed by atoms with Gasteiger partial charge in [-0.1, -0.05) is 23.2 Å². The minimum absolute atomic E-state index is 0.158. The van der Waals surface area contributed by atoms with Crippen molar-refractivity contribution in [3.8, 4) is 0 Å². The zero-order chi connectivity index (χ0) is 14.0. The summed E-state index contributed by atoms with van der Waals surface area (Å²) in [6.45, 7) is 1.99. The maximum Gasteiger partial charge on any atom is 0.0596 e. The average molecular weight is 298 g/mol. The van der Waals surface area contributed by atoms with Gasteiger partial charge in [-0.25, -0.2) is 0 Å². The lowest BCUT2D eigenvalue weighted by molar-refractivity contribution is 0.561. The van der Waals surface area contributed by atoms with E-state index in [1.807, 2.05) is 37.8 Å². The zero-order valence-electron chi connectivity index (χ0n) is 11.2. The van der Waals surface area contributed by atoms with Gasteiger partial charge in [-0.2, -0.15) is 5.10 Å². The fraction of sp³-hybridized carbons (Fsp3) is 0.357. The highest BCUT2D eigenvalue weighted by Crippen LogP contribution is 2.25. The Bertz CT molecular complexity index is 558. The molecule has 0 radical (unpaired) electrons. The maximum atomic E-state index is 6.06. The second kappa shape index (κ2) is 5.95. The Labute approximate surface area is 123 Å². The summed E-state index contributed by atoms with van der Waals surface area (Å²) in [5, 5.41) is 8.98. The van der Waals surface area contributed by atoms with Crippen molar-refractivity contribution >= 4 is 23.2 Å². The van der Waals surface area contributed by atoms with Crippen molar-refractivity contribution in [3.63, 3.8) is 0 Å². The summed E-state index contributed by atoms with van der Waals surface area (Å²) in [4.78, 5) is 0. The minimum Gasteiger partial charge on any atom is -0.313 e. The molecular weight excluding hydrogens is 281 g/mol. The van der Waals surface area contributed by atoms with E-state index < -0.39 is 0 Å². The first kappa shape index (κ1) is 14.4. The number of hydrogen-bond donors (Lipinski definition) is 1. The summed E-state index contributed by atoms with van der Waals surface area (Å²) in [7, 11) is 3.89. The van der Waals surface area contributed by atoms with Crippen LogP contribution in [-0.2, 0) is 13.5 Å². The Balaban J connectivity index is 2.27. The summed E-state index contributed by atoms with van der Waals surface area (Å²) >= 11 is 12.1. The summed E-state index contributed by atoms with van der Waals surface area (Å²) in [6.07, 6.45) is 0.838. The molecule has 0 aliphatic carbocycles. The van der Waals surface area contributed by atoms with E-state index in [2.05, 4.69) is 16.5 Å². The van der Waals surface area contributed by atoms with E-state index in [1.165, 1.54) is 5.69 Å². The number of nitrogens with one attached hydrogen (secondary N) is 1. The number of nitrogens with zero attached hydrogens (tertiary/aromatic N) is 2. The van der Waals surface area contributed by atoms with E-state index in [1.54, 1.807) is 6.07 Å². The van der Waals surface area contributed by atoms with Crippen LogP contribution in [0.2, 0.25) is 10.0 Å². The molecule has 0 amide bonds. The third-order valence-corrected chi connectivity index (χ3v) is 3.58. The molecule has 19 heavy (non-hydrogen) atoms. The van der Waals surface area contributed by atoms with Gasteiger partial charge in [0.1, 0.15) is 0 Å². The number of likely N-dealkylation sites (N-methyl/N-ethyl adjacent to an activating group) is 1. The number of hydrogen-bond acceptors (Lipinski definition) is 2. The van der Waals surface area contributed by atoms with E-state index in [4.69, 9.17) is 23.2 Å². The Morgan fingerprint density at radius 2 is 1.84 bits per heavy atom. The van der Waals surface area contributed by atoms with E-state index in [0.29, 0.717) is 10.0 Å². The number of aromatic nitrogens is 2. The largest absolute Gasteiger partial charge is 0.313 e. The van der Waals surface area contributed by atoms with Crippen LogP contribution in [0.1, 0.15) is 23.0 Å². The molecule has 0 fully saturated rings. The molecule has 0 bridgehead atoms. The molecule has 0 saturated carbocycles. The second-order valence-electron chi connectivity index (χ2n) is 4.65. The maximum absolute atomic E-state index is 6.06. The van der Waals surface area contributed by atoms with E-state index in [-0.39, 0.29) is 6.04 Å². The molecule has 1 atom stereocenters. The van der Waals surface area contributed by atoms with Gasteiger partial charge in [0.05, 0.1) is 5.69 Å². The van der Waals surface area contributed by atoms with Crippen LogP contribution in [0.3, 0.4) is 0 Å². The van der Waals surface area contributed by atoms with Gasteiger partial charge in [0.2, 0.25) is 0 Å². The highest BCUT2D eigenvalue weighted by Gasteiger charge is 2.14. The molecule has 0 saturated heterocycles. The van der Waals surface area contributed by atoms with Crippen LogP contribution in [0.5, 0.6) is 0 Å². The highest BCUT2D eigenvalue weighted by atomic mass is 35.5. The van der Waals surface area contributed by atoms with Gasteiger partial charge in [0, 0.05) is 35.2 Å². The van der Waals surface area contributed by atoms with Gasteiger partial charge in [0.25, 0.3) is 0 Å². The molecule has 1 aromatic carbocycles. The molecule has 0 aliphatic heterocycles. The lowest BCUT2D eigenvalue weighted by atomic mass is 10.0. The monoisotopic (exact) mass is 297 g/mol. The summed E-state index contributed by atoms with van der Waals surface area (Å²) in [6, 6.07) is 7.88. The van der Waals surface area contributed by atoms with Crippen LogP contribution in [-0.4, -0.2) is 16.8 Å². The Morgan fingerprint density at radius 1 is 1.21 bits per heavy atom. The van der Waals surface area contributed by atoms with Gasteiger partial charge in [0.15, 0.2) is 0 Å². The normalized spacial score (nSPS) is 12.7. The molecule has 2 aromatic rings. The average Bonchev–Trinajstić information content (AvgIpc) is 2.63. The zero-order valence-corrected chi connectivity index (χ0v) is 12.8. The molecule has 1 heterocycles. The van der Waals surface area contributed by atoms with Crippen LogP contribution in [0.15, 0.2) is 24.3 Å². The standard InChI is InChI=1S/C14H17Cl2N3/c1-9-4-13(19(3)18-9)8-14(17-2)10-5-11(15)7-12(16)6-10/h4-7,14,17H,8H2,1-3H3. The minimum atomic E-state index is 0.158. The molecule has 2 rings (SSSR count). The predicted molar refractivity (Wildman–Crippen MR) is 79.9 cm³/mol. The molecule has 0 spiro atoms. The van der Waals surface area contributed by atoms with Gasteiger partial charge in [-0.3, -0.25) is 4.68 Å². The number of rotatable bonds is 4. The van der Waals surface area contributed by atoms with Gasteiger partial charge in [-0.15, -0.1) is 0 Å². The number of aryl methyl sites for hydroxylation is 2. The van der Waals surface area contributed by atoms with Crippen LogP contribution >= 0.6 is 23.2 Å². The fourth-order valence-electron chi connectivity index (χ4n) is 2.23. The first-order chi connectivity index (χ1) is 8.99. The molecule has 1 aromatic heterocycles. The van der Waals surface area contributed by atoms with Crippen molar-refractivity contribution in [1.29, 1.82) is 0 Å². The quantitative estimate of drug-likeness (QED) is 0.935. The molecule has 3 nitrogen and oxygen atoms in total. The third kappa shape index (κ3) is 3.50. The van der Waals surface area contributed by atoms with Gasteiger partial charge < -0.3 is 5.32 Å². The van der Waals surface area contributed by atoms with Crippen molar-refractivity contribution in [3.05, 3.63) is 51.3 Å². The van der Waals surface area contributed by atoms with Crippen molar-refractivity contribution in [2.75, 3.05) is 7.05 Å². The lowest BCUT2D eigenvalue weighted by Crippen LogP contribution is -2.20. The molecule has 0 aliphatic rings. The molecule has 1 unspecified atom stereocenters. The van der Waals surface area contributed by atoms with Crippen LogP contribution in [0.25, 0.3) is 0 Å². The third-order valence-electron chi connectivity index (χ3n) is 3.15. The summed E-state index contributed by atoms with van der Waals surface area (Å²) in [5.74, 6) is 0. The van der Waals surface area contributed by atoms with Crippen molar-refractivity contribution in [2.24, 2.45) is 7.05 Å². The molecule has 1 N–H and O–H groups in total. The van der Waals surface area contributed by atoms with E-state index >= 15 is 0 Å². The van der Waals surface area contributed by atoms with Crippen LogP contribution < -0.4 is 5.32 Å². The lowest BCUT2D eigenvalue weighted by Gasteiger charge is -2.17. The second-order valence-corrected chi connectivity index (χ2v) is 5.52. The van der Waals surface area contributed by atoms with Crippen molar-refractivity contribution in [1.82, 2.24) is 15.1 Å². The molecular formula is C14H17Cl2N3.